The molecule has 0 spiro atoms. The molecular formula is C46H74NO10P. The number of carbonyl (C=O) groups excluding carboxylic acids is 2. The van der Waals surface area contributed by atoms with Crippen molar-refractivity contribution in [3.63, 3.8) is 0 Å². The number of esters is 2. The van der Waals surface area contributed by atoms with Gasteiger partial charge in [-0.2, -0.15) is 0 Å². The number of carboxylic acids is 1. The van der Waals surface area contributed by atoms with Crippen molar-refractivity contribution in [1.82, 2.24) is 0 Å². The van der Waals surface area contributed by atoms with Crippen LogP contribution in [0.4, 0.5) is 0 Å². The molecule has 0 radical (unpaired) electrons. The van der Waals surface area contributed by atoms with Crippen LogP contribution in [0.2, 0.25) is 0 Å². The van der Waals surface area contributed by atoms with E-state index in [-0.39, 0.29) is 19.4 Å². The van der Waals surface area contributed by atoms with E-state index >= 15 is 0 Å². The van der Waals surface area contributed by atoms with Crippen molar-refractivity contribution in [3.8, 4) is 0 Å². The minimum Gasteiger partial charge on any atom is -0.480 e. The standard InChI is InChI=1S/C46H74NO10P/c1-3-5-7-9-11-13-15-17-19-20-21-22-24-26-28-30-32-34-36-38-45(49)57-42(40-55-58(52,53)56-41-43(47)46(50)51)39-54-44(48)37-35-33-31-29-27-25-23-18-16-14-12-10-8-6-4-2/h6,8,11-14,17-19,21-23,26-29,42-43H,3-5,7,9-10,15-16,20,24-25,30-41,47H2,1-2H3,(H,50,51)(H,52,53)/b8-6-,13-11-,14-12-,19-17-,22-21-,23-18-,28-26-,29-27-/t42-,43+/m1/s1. The SMILES string of the molecule is CC/C=C\C/C=C\C/C=C\C/C=C\CCCCC(=O)OC[C@H](COP(=O)(O)OC[C@H](N)C(=O)O)OC(=O)CCCCC/C=C\C/C=C\C/C=C\C/C=C\CCCCC. The number of nitrogens with two attached hydrogens (primary N) is 1. The molecule has 0 aliphatic heterocycles. The number of carbonyl (C=O) groups is 3. The van der Waals surface area contributed by atoms with Crippen LogP contribution in [0.25, 0.3) is 0 Å². The predicted molar refractivity (Wildman–Crippen MR) is 235 cm³/mol. The third-order valence-electron chi connectivity index (χ3n) is 8.32. The van der Waals surface area contributed by atoms with E-state index in [9.17, 15) is 23.8 Å². The summed E-state index contributed by atoms with van der Waals surface area (Å²) < 4.78 is 32.6. The number of phosphoric ester groups is 1. The van der Waals surface area contributed by atoms with E-state index in [1.165, 1.54) is 25.7 Å². The van der Waals surface area contributed by atoms with Gasteiger partial charge < -0.3 is 25.2 Å². The quantitative estimate of drug-likeness (QED) is 0.0234. The maximum atomic E-state index is 12.6. The first-order valence-corrected chi connectivity index (χ1v) is 22.8. The molecule has 0 aromatic rings. The average Bonchev–Trinajstić information content (AvgIpc) is 3.20. The van der Waals surface area contributed by atoms with Gasteiger partial charge in [-0.3, -0.25) is 23.4 Å². The Morgan fingerprint density at radius 2 is 0.966 bits per heavy atom. The molecule has 4 N–H and O–H groups in total. The lowest BCUT2D eigenvalue weighted by molar-refractivity contribution is -0.161. The number of hydrogen-bond acceptors (Lipinski definition) is 9. The highest BCUT2D eigenvalue weighted by Crippen LogP contribution is 2.43. The van der Waals surface area contributed by atoms with Gasteiger partial charge in [-0.25, -0.2) is 4.57 Å². The van der Waals surface area contributed by atoms with E-state index in [1.807, 2.05) is 0 Å². The van der Waals surface area contributed by atoms with E-state index in [0.29, 0.717) is 12.8 Å². The number of hydrogen-bond donors (Lipinski definition) is 3. The minimum absolute atomic E-state index is 0.108. The minimum atomic E-state index is -4.74. The van der Waals surface area contributed by atoms with E-state index < -0.39 is 51.1 Å². The van der Waals surface area contributed by atoms with Crippen LogP contribution in [0.3, 0.4) is 0 Å². The van der Waals surface area contributed by atoms with Crippen molar-refractivity contribution in [2.45, 2.75) is 154 Å². The molecular weight excluding hydrogens is 757 g/mol. The summed E-state index contributed by atoms with van der Waals surface area (Å²) in [5, 5.41) is 8.88. The second-order valence-electron chi connectivity index (χ2n) is 13.7. The zero-order valence-corrected chi connectivity index (χ0v) is 36.2. The lowest BCUT2D eigenvalue weighted by Gasteiger charge is -2.20. The molecule has 3 atom stereocenters. The molecule has 0 fully saturated rings. The average molecular weight is 832 g/mol. The van der Waals surface area contributed by atoms with E-state index in [2.05, 4.69) is 116 Å². The summed E-state index contributed by atoms with van der Waals surface area (Å²) in [6.45, 7) is 2.56. The van der Waals surface area contributed by atoms with Gasteiger partial charge in [0.1, 0.15) is 12.6 Å². The monoisotopic (exact) mass is 832 g/mol. The first-order valence-electron chi connectivity index (χ1n) is 21.3. The van der Waals surface area contributed by atoms with Crippen molar-refractivity contribution >= 4 is 25.7 Å². The van der Waals surface area contributed by atoms with Gasteiger partial charge in [0, 0.05) is 12.8 Å². The largest absolute Gasteiger partial charge is 0.480 e. The van der Waals surface area contributed by atoms with Gasteiger partial charge in [0.25, 0.3) is 0 Å². The topological polar surface area (TPSA) is 172 Å². The molecule has 328 valence electrons. The summed E-state index contributed by atoms with van der Waals surface area (Å²) in [5.41, 5.74) is 5.32. The molecule has 11 nitrogen and oxygen atoms in total. The van der Waals surface area contributed by atoms with E-state index in [4.69, 9.17) is 24.8 Å². The summed E-state index contributed by atoms with van der Waals surface area (Å²) in [6, 6.07) is -1.54. The molecule has 0 aromatic heterocycles. The molecule has 0 aromatic carbocycles. The van der Waals surface area contributed by atoms with Crippen LogP contribution in [0.1, 0.15) is 142 Å². The van der Waals surface area contributed by atoms with Crippen molar-refractivity contribution in [1.29, 1.82) is 0 Å². The smallest absolute Gasteiger partial charge is 0.472 e. The van der Waals surface area contributed by atoms with Gasteiger partial charge in [0.2, 0.25) is 0 Å². The number of ether oxygens (including phenoxy) is 2. The highest BCUT2D eigenvalue weighted by Gasteiger charge is 2.28. The van der Waals surface area contributed by atoms with Crippen molar-refractivity contribution in [2.24, 2.45) is 5.73 Å². The lowest BCUT2D eigenvalue weighted by atomic mass is 10.1. The van der Waals surface area contributed by atoms with Crippen LogP contribution < -0.4 is 5.73 Å². The third-order valence-corrected chi connectivity index (χ3v) is 9.27. The van der Waals surface area contributed by atoms with Crippen LogP contribution in [0.5, 0.6) is 0 Å². The molecule has 0 aliphatic carbocycles. The molecule has 58 heavy (non-hydrogen) atoms. The van der Waals surface area contributed by atoms with Crippen molar-refractivity contribution in [3.05, 3.63) is 97.2 Å². The zero-order chi connectivity index (χ0) is 42.8. The number of aliphatic carboxylic acids is 1. The Labute approximate surface area is 349 Å². The zero-order valence-electron chi connectivity index (χ0n) is 35.3. The van der Waals surface area contributed by atoms with Gasteiger partial charge in [0.15, 0.2) is 6.10 Å². The Bertz CT molecular complexity index is 1350. The van der Waals surface area contributed by atoms with E-state index in [1.54, 1.807) is 0 Å². The van der Waals surface area contributed by atoms with Gasteiger partial charge in [-0.05, 0) is 96.3 Å². The third kappa shape index (κ3) is 39.2. The van der Waals surface area contributed by atoms with Crippen LogP contribution in [0, 0.1) is 0 Å². The number of unbranched alkanes of at least 4 members (excludes halogenated alkanes) is 8. The summed E-state index contributed by atoms with van der Waals surface area (Å²) in [7, 11) is -4.74. The molecule has 0 heterocycles. The number of rotatable bonds is 38. The van der Waals surface area contributed by atoms with Crippen LogP contribution >= 0.6 is 7.82 Å². The normalized spacial score (nSPS) is 14.7. The fraction of sp³-hybridized carbons (Fsp3) is 0.587. The predicted octanol–water partition coefficient (Wildman–Crippen LogP) is 11.3. The molecule has 0 amide bonds. The van der Waals surface area contributed by atoms with E-state index in [0.717, 1.165) is 77.0 Å². The summed E-state index contributed by atoms with van der Waals surface area (Å²) in [5.74, 6) is -2.49. The molecule has 0 bridgehead atoms. The summed E-state index contributed by atoms with van der Waals surface area (Å²) in [4.78, 5) is 45.9. The molecule has 12 heteroatoms. The molecule has 0 rings (SSSR count). The van der Waals surface area contributed by atoms with Crippen molar-refractivity contribution < 1.29 is 47.5 Å². The maximum absolute atomic E-state index is 12.6. The summed E-state index contributed by atoms with van der Waals surface area (Å²) in [6.07, 6.45) is 50.5. The Morgan fingerprint density at radius 3 is 1.45 bits per heavy atom. The van der Waals surface area contributed by atoms with Gasteiger partial charge in [-0.15, -0.1) is 0 Å². The first kappa shape index (κ1) is 54.4. The maximum Gasteiger partial charge on any atom is 0.472 e. The second kappa shape index (κ2) is 40.2. The van der Waals surface area contributed by atoms with Gasteiger partial charge in [0.05, 0.1) is 13.2 Å². The fourth-order valence-corrected chi connectivity index (χ4v) is 5.76. The van der Waals surface area contributed by atoms with Gasteiger partial charge in [-0.1, -0.05) is 130 Å². The molecule has 0 saturated carbocycles. The van der Waals surface area contributed by atoms with Crippen molar-refractivity contribution in [2.75, 3.05) is 19.8 Å². The Balaban J connectivity index is 4.53. The van der Waals surface area contributed by atoms with Crippen LogP contribution in [-0.4, -0.2) is 59.9 Å². The molecule has 0 saturated heterocycles. The Morgan fingerprint density at radius 1 is 0.552 bits per heavy atom. The van der Waals surface area contributed by atoms with Crippen LogP contribution in [-0.2, 0) is 37.5 Å². The summed E-state index contributed by atoms with van der Waals surface area (Å²) >= 11 is 0. The fourth-order valence-electron chi connectivity index (χ4n) is 4.98. The highest BCUT2D eigenvalue weighted by atomic mass is 31.2. The van der Waals surface area contributed by atoms with Crippen LogP contribution in [0.15, 0.2) is 97.2 Å². The number of allylic oxidation sites excluding steroid dienone is 16. The Kier molecular flexibility index (Phi) is 37.7. The lowest BCUT2D eigenvalue weighted by Crippen LogP contribution is -2.34. The number of phosphoric acid groups is 1. The number of carboxylic acid groups (broad SMARTS) is 1. The Hall–Kier alpha value is -3.60. The van der Waals surface area contributed by atoms with Gasteiger partial charge >= 0.3 is 25.7 Å². The highest BCUT2D eigenvalue weighted by molar-refractivity contribution is 7.47. The first-order chi connectivity index (χ1) is 28.1. The molecule has 0 aliphatic rings. The molecule has 1 unspecified atom stereocenters. The second-order valence-corrected chi connectivity index (χ2v) is 15.2.